The maximum absolute atomic E-state index is 12.4. The summed E-state index contributed by atoms with van der Waals surface area (Å²) in [6, 6.07) is 16.7. The van der Waals surface area contributed by atoms with Gasteiger partial charge in [0.25, 0.3) is 0 Å². The summed E-state index contributed by atoms with van der Waals surface area (Å²) in [5.74, 6) is 0.742. The van der Waals surface area contributed by atoms with Crippen molar-refractivity contribution < 1.29 is 9.15 Å². The Kier molecular flexibility index (Phi) is 5.30. The Hall–Kier alpha value is -3.21. The summed E-state index contributed by atoms with van der Waals surface area (Å²) in [6.45, 7) is 0. The van der Waals surface area contributed by atoms with Crippen LogP contribution >= 0.6 is 27.3 Å². The lowest BCUT2D eigenvalue weighted by atomic mass is 10.1. The van der Waals surface area contributed by atoms with Crippen molar-refractivity contribution in [3.05, 3.63) is 79.4 Å². The zero-order valence-corrected chi connectivity index (χ0v) is 17.6. The van der Waals surface area contributed by atoms with E-state index in [-0.39, 0.29) is 0 Å². The highest BCUT2D eigenvalue weighted by Gasteiger charge is 2.14. The summed E-state index contributed by atoms with van der Waals surface area (Å²) < 4.78 is 11.4. The highest BCUT2D eigenvalue weighted by atomic mass is 79.9. The van der Waals surface area contributed by atoms with Crippen LogP contribution in [-0.2, 0) is 0 Å². The molecule has 0 aliphatic heterocycles. The van der Waals surface area contributed by atoms with Gasteiger partial charge in [-0.1, -0.05) is 28.1 Å². The van der Waals surface area contributed by atoms with Gasteiger partial charge in [-0.2, -0.15) is 5.26 Å². The smallest absolute Gasteiger partial charge is 0.345 e. The van der Waals surface area contributed by atoms with Crippen LogP contribution < -0.4 is 10.4 Å². The van der Waals surface area contributed by atoms with Gasteiger partial charge in [0.2, 0.25) is 0 Å². The molecule has 0 spiro atoms. The highest BCUT2D eigenvalue weighted by Crippen LogP contribution is 2.28. The van der Waals surface area contributed by atoms with Gasteiger partial charge in [0, 0.05) is 15.2 Å². The van der Waals surface area contributed by atoms with E-state index in [2.05, 4.69) is 27.0 Å². The Labute approximate surface area is 178 Å². The number of hydrogen-bond acceptors (Lipinski definition) is 6. The van der Waals surface area contributed by atoms with Crippen molar-refractivity contribution in [2.45, 2.75) is 0 Å². The third-order valence-electron chi connectivity index (χ3n) is 4.25. The Bertz CT molecular complexity index is 1330. The molecule has 2 heterocycles. The molecule has 0 saturated carbocycles. The molecule has 4 aromatic rings. The minimum Gasteiger partial charge on any atom is -0.497 e. The maximum Gasteiger partial charge on any atom is 0.345 e. The molecule has 2 aromatic heterocycles. The van der Waals surface area contributed by atoms with Crippen LogP contribution in [0.4, 0.5) is 0 Å². The number of nitrogens with zero attached hydrogens (tertiary/aromatic N) is 2. The fourth-order valence-electron chi connectivity index (χ4n) is 2.80. The first-order valence-corrected chi connectivity index (χ1v) is 10.2. The largest absolute Gasteiger partial charge is 0.497 e. The number of halogens is 1. The number of nitriles is 1. The van der Waals surface area contributed by atoms with Crippen molar-refractivity contribution in [2.24, 2.45) is 0 Å². The van der Waals surface area contributed by atoms with Crippen LogP contribution in [-0.4, -0.2) is 12.1 Å². The van der Waals surface area contributed by atoms with Crippen molar-refractivity contribution in [3.8, 4) is 23.1 Å². The van der Waals surface area contributed by atoms with Crippen molar-refractivity contribution in [1.82, 2.24) is 4.98 Å². The Morgan fingerprint density at radius 3 is 2.76 bits per heavy atom. The molecule has 0 radical (unpaired) electrons. The van der Waals surface area contributed by atoms with E-state index in [0.717, 1.165) is 21.2 Å². The van der Waals surface area contributed by atoms with E-state index in [9.17, 15) is 10.1 Å². The molecule has 0 atom stereocenters. The molecular formula is C22H13BrN2O3S. The molecule has 0 unspecified atom stereocenters. The Balaban J connectivity index is 1.72. The van der Waals surface area contributed by atoms with E-state index >= 15 is 0 Å². The van der Waals surface area contributed by atoms with Crippen molar-refractivity contribution in [1.29, 1.82) is 5.26 Å². The number of methoxy groups -OCH3 is 1. The van der Waals surface area contributed by atoms with E-state index in [1.165, 1.54) is 11.3 Å². The van der Waals surface area contributed by atoms with Gasteiger partial charge in [-0.3, -0.25) is 0 Å². The first-order valence-electron chi connectivity index (χ1n) is 8.53. The molecule has 5 nitrogen and oxygen atoms in total. The van der Waals surface area contributed by atoms with Crippen LogP contribution in [0.5, 0.6) is 5.75 Å². The van der Waals surface area contributed by atoms with E-state index in [1.54, 1.807) is 30.7 Å². The van der Waals surface area contributed by atoms with Crippen LogP contribution in [0.2, 0.25) is 0 Å². The molecule has 0 aliphatic carbocycles. The fourth-order valence-corrected chi connectivity index (χ4v) is 3.97. The third kappa shape index (κ3) is 3.99. The molecule has 0 fully saturated rings. The van der Waals surface area contributed by atoms with Crippen molar-refractivity contribution in [3.63, 3.8) is 0 Å². The molecule has 0 saturated heterocycles. The topological polar surface area (TPSA) is 76.1 Å². The number of thiazole rings is 1. The molecule has 0 aliphatic rings. The first kappa shape index (κ1) is 19.1. The number of rotatable bonds is 4. The quantitative estimate of drug-likeness (QED) is 0.283. The monoisotopic (exact) mass is 464 g/mol. The third-order valence-corrected chi connectivity index (χ3v) is 5.62. The normalized spacial score (nSPS) is 11.4. The van der Waals surface area contributed by atoms with Gasteiger partial charge in [-0.05, 0) is 48.0 Å². The van der Waals surface area contributed by atoms with Gasteiger partial charge < -0.3 is 9.15 Å². The van der Waals surface area contributed by atoms with Crippen LogP contribution in [0.1, 0.15) is 10.6 Å². The zero-order chi connectivity index (χ0) is 20.4. The molecule has 142 valence electrons. The van der Waals surface area contributed by atoms with Crippen molar-refractivity contribution >= 4 is 49.9 Å². The number of benzene rings is 2. The van der Waals surface area contributed by atoms with Crippen LogP contribution in [0.25, 0.3) is 33.9 Å². The zero-order valence-electron chi connectivity index (χ0n) is 15.2. The minimum absolute atomic E-state index is 0.361. The van der Waals surface area contributed by atoms with Crippen LogP contribution in [0.3, 0.4) is 0 Å². The average molecular weight is 465 g/mol. The summed E-state index contributed by atoms with van der Waals surface area (Å²) in [6.07, 6.45) is 1.75. The average Bonchev–Trinajstić information content (AvgIpc) is 3.22. The van der Waals surface area contributed by atoms with E-state index < -0.39 is 5.63 Å². The van der Waals surface area contributed by atoms with E-state index in [4.69, 9.17) is 9.15 Å². The molecule has 2 aromatic carbocycles. The Morgan fingerprint density at radius 1 is 1.24 bits per heavy atom. The summed E-state index contributed by atoms with van der Waals surface area (Å²) in [4.78, 5) is 16.9. The molecule has 0 bridgehead atoms. The van der Waals surface area contributed by atoms with Crippen LogP contribution in [0.15, 0.2) is 67.6 Å². The highest BCUT2D eigenvalue weighted by molar-refractivity contribution is 9.10. The Morgan fingerprint density at radius 2 is 2.03 bits per heavy atom. The number of hydrogen-bond donors (Lipinski definition) is 0. The fraction of sp³-hybridized carbons (Fsp3) is 0.0455. The van der Waals surface area contributed by atoms with Gasteiger partial charge in [-0.25, -0.2) is 9.78 Å². The lowest BCUT2D eigenvalue weighted by Crippen LogP contribution is -2.02. The lowest BCUT2D eigenvalue weighted by Gasteiger charge is -2.01. The van der Waals surface area contributed by atoms with Gasteiger partial charge in [0.15, 0.2) is 0 Å². The summed E-state index contributed by atoms with van der Waals surface area (Å²) in [5.41, 5.74) is 2.16. The van der Waals surface area contributed by atoms with Gasteiger partial charge in [0.1, 0.15) is 22.4 Å². The molecular weight excluding hydrogens is 452 g/mol. The molecule has 7 heteroatoms. The van der Waals surface area contributed by atoms with Gasteiger partial charge in [-0.15, -0.1) is 11.3 Å². The van der Waals surface area contributed by atoms with Crippen molar-refractivity contribution in [2.75, 3.05) is 7.11 Å². The molecule has 0 N–H and O–H groups in total. The number of allylic oxidation sites excluding steroid dienone is 1. The minimum atomic E-state index is -0.464. The number of fused-ring (bicyclic) bond motifs is 1. The number of aromatic nitrogens is 1. The van der Waals surface area contributed by atoms with E-state index in [1.807, 2.05) is 36.4 Å². The second-order valence-corrected chi connectivity index (χ2v) is 7.88. The standard InChI is InChI=1S/C22H13BrN2O3S/c1-27-17-5-2-13(3-6-17)8-15(11-24)21-25-19(12-29-21)18-10-14-9-16(23)4-7-20(14)28-22(18)26/h2-10,12H,1H3/b15-8+. The predicted molar refractivity (Wildman–Crippen MR) is 118 cm³/mol. The molecule has 0 amide bonds. The maximum atomic E-state index is 12.4. The van der Waals surface area contributed by atoms with Gasteiger partial charge in [0.05, 0.1) is 23.9 Å². The predicted octanol–water partition coefficient (Wildman–Crippen LogP) is 5.75. The SMILES string of the molecule is COc1ccc(/C=C(\C#N)c2nc(-c3cc4cc(Br)ccc4oc3=O)cs2)cc1. The van der Waals surface area contributed by atoms with Gasteiger partial charge >= 0.3 is 5.63 Å². The number of ether oxygens (including phenoxy) is 1. The molecule has 29 heavy (non-hydrogen) atoms. The molecule has 4 rings (SSSR count). The summed E-state index contributed by atoms with van der Waals surface area (Å²) in [5, 5.41) is 12.7. The van der Waals surface area contributed by atoms with E-state index in [0.29, 0.717) is 27.4 Å². The summed E-state index contributed by atoms with van der Waals surface area (Å²) in [7, 11) is 1.60. The van der Waals surface area contributed by atoms with Crippen LogP contribution in [0, 0.1) is 11.3 Å². The second kappa shape index (κ2) is 8.03. The lowest BCUT2D eigenvalue weighted by molar-refractivity contribution is 0.415. The second-order valence-electron chi connectivity index (χ2n) is 6.11. The summed E-state index contributed by atoms with van der Waals surface area (Å²) >= 11 is 4.72. The first-order chi connectivity index (χ1) is 14.1.